The highest BCUT2D eigenvalue weighted by molar-refractivity contribution is 14.0. The zero-order chi connectivity index (χ0) is 17.6. The highest BCUT2D eigenvalue weighted by Crippen LogP contribution is 2.48. The molecule has 0 saturated heterocycles. The summed E-state index contributed by atoms with van der Waals surface area (Å²) in [5, 5.41) is 6.37. The predicted octanol–water partition coefficient (Wildman–Crippen LogP) is 1.58. The van der Waals surface area contributed by atoms with Gasteiger partial charge in [-0.15, -0.1) is 24.0 Å². The summed E-state index contributed by atoms with van der Waals surface area (Å²) in [5.41, 5.74) is 0.603. The second-order valence-electron chi connectivity index (χ2n) is 6.13. The van der Waals surface area contributed by atoms with Crippen molar-refractivity contribution in [2.24, 2.45) is 4.99 Å². The summed E-state index contributed by atoms with van der Waals surface area (Å²) in [6, 6.07) is 6.90. The number of aliphatic imine (C=N–C) groups is 1. The third kappa shape index (κ3) is 7.06. The number of hydrogen-bond acceptors (Lipinski definition) is 3. The molecule has 1 aliphatic carbocycles. The SMILES string of the molecule is CN=C(NCCCNS(C)(=O)=O)NCC1(c2ccccc2F)CC1.I. The lowest BCUT2D eigenvalue weighted by atomic mass is 9.95. The van der Waals surface area contributed by atoms with E-state index in [2.05, 4.69) is 20.3 Å². The summed E-state index contributed by atoms with van der Waals surface area (Å²) in [5.74, 6) is 0.476. The first-order chi connectivity index (χ1) is 11.4. The Kier molecular flexibility index (Phi) is 8.55. The first kappa shape index (κ1) is 22.1. The molecule has 0 heterocycles. The van der Waals surface area contributed by atoms with E-state index in [4.69, 9.17) is 0 Å². The van der Waals surface area contributed by atoms with E-state index < -0.39 is 10.0 Å². The molecule has 3 N–H and O–H groups in total. The van der Waals surface area contributed by atoms with Gasteiger partial charge in [-0.3, -0.25) is 4.99 Å². The molecule has 0 radical (unpaired) electrons. The molecule has 2 rings (SSSR count). The minimum absolute atomic E-state index is 0. The number of nitrogens with zero attached hydrogens (tertiary/aromatic N) is 1. The second kappa shape index (κ2) is 9.67. The van der Waals surface area contributed by atoms with Crippen LogP contribution in [0.15, 0.2) is 29.3 Å². The highest BCUT2D eigenvalue weighted by atomic mass is 127. The van der Waals surface area contributed by atoms with Crippen molar-refractivity contribution in [1.29, 1.82) is 0 Å². The molecule has 1 aromatic carbocycles. The van der Waals surface area contributed by atoms with Gasteiger partial charge in [-0.25, -0.2) is 17.5 Å². The molecular formula is C16H26FIN4O2S. The fourth-order valence-corrected chi connectivity index (χ4v) is 3.12. The van der Waals surface area contributed by atoms with Crippen LogP contribution in [0.1, 0.15) is 24.8 Å². The third-order valence-electron chi connectivity index (χ3n) is 4.13. The van der Waals surface area contributed by atoms with Crippen molar-refractivity contribution >= 4 is 40.0 Å². The number of nitrogens with one attached hydrogen (secondary N) is 3. The normalized spacial score (nSPS) is 16.0. The van der Waals surface area contributed by atoms with E-state index in [9.17, 15) is 12.8 Å². The molecule has 0 unspecified atom stereocenters. The van der Waals surface area contributed by atoms with Crippen molar-refractivity contribution in [1.82, 2.24) is 15.4 Å². The van der Waals surface area contributed by atoms with Gasteiger partial charge < -0.3 is 10.6 Å². The number of sulfonamides is 1. The minimum Gasteiger partial charge on any atom is -0.356 e. The van der Waals surface area contributed by atoms with Gasteiger partial charge in [0.15, 0.2) is 5.96 Å². The van der Waals surface area contributed by atoms with Crippen LogP contribution in [0.3, 0.4) is 0 Å². The lowest BCUT2D eigenvalue weighted by molar-refractivity contribution is 0.559. The first-order valence-electron chi connectivity index (χ1n) is 8.00. The van der Waals surface area contributed by atoms with Crippen molar-refractivity contribution in [2.75, 3.05) is 32.9 Å². The van der Waals surface area contributed by atoms with Crippen LogP contribution in [0.4, 0.5) is 4.39 Å². The van der Waals surface area contributed by atoms with Gasteiger partial charge in [0.2, 0.25) is 10.0 Å². The van der Waals surface area contributed by atoms with Crippen molar-refractivity contribution in [2.45, 2.75) is 24.7 Å². The van der Waals surface area contributed by atoms with Crippen molar-refractivity contribution in [3.63, 3.8) is 0 Å². The molecular weight excluding hydrogens is 458 g/mol. The molecule has 0 amide bonds. The molecule has 1 fully saturated rings. The van der Waals surface area contributed by atoms with Crippen LogP contribution in [0.2, 0.25) is 0 Å². The summed E-state index contributed by atoms with van der Waals surface area (Å²) in [6.07, 6.45) is 3.69. The maximum Gasteiger partial charge on any atom is 0.208 e. The van der Waals surface area contributed by atoms with Crippen LogP contribution in [0.25, 0.3) is 0 Å². The average molecular weight is 484 g/mol. The molecule has 0 bridgehead atoms. The van der Waals surface area contributed by atoms with E-state index in [1.54, 1.807) is 13.1 Å². The van der Waals surface area contributed by atoms with E-state index in [0.717, 1.165) is 24.7 Å². The zero-order valence-electron chi connectivity index (χ0n) is 14.5. The Balaban J connectivity index is 0.00000312. The van der Waals surface area contributed by atoms with Crippen LogP contribution in [-0.4, -0.2) is 47.3 Å². The van der Waals surface area contributed by atoms with Gasteiger partial charge in [-0.05, 0) is 30.9 Å². The van der Waals surface area contributed by atoms with Crippen LogP contribution < -0.4 is 15.4 Å². The van der Waals surface area contributed by atoms with Gasteiger partial charge in [0.25, 0.3) is 0 Å². The van der Waals surface area contributed by atoms with Gasteiger partial charge in [-0.1, -0.05) is 18.2 Å². The smallest absolute Gasteiger partial charge is 0.208 e. The fraction of sp³-hybridized carbons (Fsp3) is 0.562. The molecule has 0 spiro atoms. The van der Waals surface area contributed by atoms with Gasteiger partial charge in [0.05, 0.1) is 6.26 Å². The molecule has 25 heavy (non-hydrogen) atoms. The average Bonchev–Trinajstić information content (AvgIpc) is 3.30. The van der Waals surface area contributed by atoms with E-state index >= 15 is 0 Å². The lowest BCUT2D eigenvalue weighted by Crippen LogP contribution is -2.42. The molecule has 0 aliphatic heterocycles. The third-order valence-corrected chi connectivity index (χ3v) is 4.86. The van der Waals surface area contributed by atoms with Crippen LogP contribution in [0.5, 0.6) is 0 Å². The van der Waals surface area contributed by atoms with E-state index in [1.165, 1.54) is 6.07 Å². The topological polar surface area (TPSA) is 82.6 Å². The van der Waals surface area contributed by atoms with Crippen molar-refractivity contribution < 1.29 is 12.8 Å². The molecule has 1 aromatic rings. The number of halogens is 2. The van der Waals surface area contributed by atoms with Crippen molar-refractivity contribution in [3.05, 3.63) is 35.6 Å². The lowest BCUT2D eigenvalue weighted by Gasteiger charge is -2.19. The Morgan fingerprint density at radius 1 is 1.24 bits per heavy atom. The molecule has 1 aliphatic rings. The van der Waals surface area contributed by atoms with Gasteiger partial charge in [-0.2, -0.15) is 0 Å². The number of benzene rings is 1. The molecule has 0 atom stereocenters. The predicted molar refractivity (Wildman–Crippen MR) is 110 cm³/mol. The standard InChI is InChI=1S/C16H25FN4O2S.HI/c1-18-15(19-10-5-11-21-24(2,22)23)20-12-16(8-9-16)13-6-3-4-7-14(13)17;/h3-4,6-7,21H,5,8-12H2,1-2H3,(H2,18,19,20);1H. The Labute approximate surface area is 166 Å². The monoisotopic (exact) mass is 484 g/mol. The zero-order valence-corrected chi connectivity index (χ0v) is 17.7. The van der Waals surface area contributed by atoms with E-state index in [1.807, 2.05) is 12.1 Å². The first-order valence-corrected chi connectivity index (χ1v) is 9.90. The summed E-state index contributed by atoms with van der Waals surface area (Å²) < 4.78 is 38.4. The molecule has 6 nitrogen and oxygen atoms in total. The van der Waals surface area contributed by atoms with E-state index in [-0.39, 0.29) is 35.2 Å². The van der Waals surface area contributed by atoms with E-state index in [0.29, 0.717) is 32.0 Å². The summed E-state index contributed by atoms with van der Waals surface area (Å²) in [4.78, 5) is 4.14. The number of hydrogen-bond donors (Lipinski definition) is 3. The molecule has 1 saturated carbocycles. The fourth-order valence-electron chi connectivity index (χ4n) is 2.61. The summed E-state index contributed by atoms with van der Waals surface area (Å²) in [6.45, 7) is 1.59. The van der Waals surface area contributed by atoms with Gasteiger partial charge in [0.1, 0.15) is 5.82 Å². The summed E-state index contributed by atoms with van der Waals surface area (Å²) in [7, 11) is -1.47. The Morgan fingerprint density at radius 3 is 2.48 bits per heavy atom. The Bertz CT molecular complexity index is 693. The van der Waals surface area contributed by atoms with Crippen LogP contribution in [-0.2, 0) is 15.4 Å². The van der Waals surface area contributed by atoms with Crippen molar-refractivity contribution in [3.8, 4) is 0 Å². The van der Waals surface area contributed by atoms with Gasteiger partial charge in [0, 0.05) is 32.1 Å². The largest absolute Gasteiger partial charge is 0.356 e. The number of rotatable bonds is 8. The Hall–Kier alpha value is -0.940. The van der Waals surface area contributed by atoms with Gasteiger partial charge >= 0.3 is 0 Å². The second-order valence-corrected chi connectivity index (χ2v) is 7.97. The summed E-state index contributed by atoms with van der Waals surface area (Å²) >= 11 is 0. The maximum atomic E-state index is 14.0. The van der Waals surface area contributed by atoms with Crippen LogP contribution >= 0.6 is 24.0 Å². The van der Waals surface area contributed by atoms with Crippen LogP contribution in [0, 0.1) is 5.82 Å². The highest BCUT2D eigenvalue weighted by Gasteiger charge is 2.45. The molecule has 9 heteroatoms. The Morgan fingerprint density at radius 2 is 1.92 bits per heavy atom. The number of guanidine groups is 1. The quantitative estimate of drug-likeness (QED) is 0.227. The molecule has 142 valence electrons. The maximum absolute atomic E-state index is 14.0. The minimum atomic E-state index is -3.15. The molecule has 0 aromatic heterocycles.